The lowest BCUT2D eigenvalue weighted by molar-refractivity contribution is -0.126. The summed E-state index contributed by atoms with van der Waals surface area (Å²) in [4.78, 5) is 25.3. The highest BCUT2D eigenvalue weighted by molar-refractivity contribution is 6.35. The van der Waals surface area contributed by atoms with Crippen molar-refractivity contribution in [3.05, 3.63) is 34.3 Å². The number of ketones is 1. The molecule has 0 aliphatic rings. The minimum atomic E-state index is -1.46. The second-order valence-electron chi connectivity index (χ2n) is 6.98. The Bertz CT molecular complexity index is 1080. The van der Waals surface area contributed by atoms with Crippen molar-refractivity contribution in [3.8, 4) is 23.0 Å². The largest absolute Gasteiger partial charge is 0.494 e. The van der Waals surface area contributed by atoms with Gasteiger partial charge in [-0.05, 0) is 34.6 Å². The number of azo groups is 1. The van der Waals surface area contributed by atoms with E-state index in [0.717, 1.165) is 0 Å². The van der Waals surface area contributed by atoms with Crippen molar-refractivity contribution in [2.75, 3.05) is 31.7 Å². The third kappa shape index (κ3) is 7.73. The second kappa shape index (κ2) is 13.7. The van der Waals surface area contributed by atoms with E-state index < -0.39 is 17.7 Å². The Hall–Kier alpha value is -3.04. The highest BCUT2D eigenvalue weighted by atomic mass is 35.5. The van der Waals surface area contributed by atoms with Crippen molar-refractivity contribution < 1.29 is 28.5 Å². The van der Waals surface area contributed by atoms with Crippen molar-refractivity contribution in [3.63, 3.8) is 0 Å². The lowest BCUT2D eigenvalue weighted by Crippen LogP contribution is -2.32. The maximum Gasteiger partial charge on any atom is 0.258 e. The number of carbonyl (C=O) groups is 2. The summed E-state index contributed by atoms with van der Waals surface area (Å²) in [7, 11) is 0. The summed E-state index contributed by atoms with van der Waals surface area (Å²) in [6.45, 7) is 10.0. The molecule has 2 rings (SSSR count). The van der Waals surface area contributed by atoms with E-state index in [2.05, 4.69) is 15.5 Å². The summed E-state index contributed by atoms with van der Waals surface area (Å²) in [5.41, 5.74) is 0.382. The highest BCUT2D eigenvalue weighted by Crippen LogP contribution is 2.40. The molecule has 0 saturated heterocycles. The number of rotatable bonds is 13. The first-order valence-electron chi connectivity index (χ1n) is 11.2. The number of anilines is 1. The van der Waals surface area contributed by atoms with Gasteiger partial charge in [-0.25, -0.2) is 0 Å². The molecule has 2 aromatic carbocycles. The van der Waals surface area contributed by atoms with Gasteiger partial charge in [0, 0.05) is 24.3 Å². The van der Waals surface area contributed by atoms with E-state index in [1.807, 2.05) is 20.8 Å². The average Bonchev–Trinajstić information content (AvgIpc) is 2.79. The van der Waals surface area contributed by atoms with E-state index in [1.54, 1.807) is 31.2 Å². The smallest absolute Gasteiger partial charge is 0.258 e. The van der Waals surface area contributed by atoms with Crippen LogP contribution in [-0.2, 0) is 9.59 Å². The van der Waals surface area contributed by atoms with Crippen LogP contribution < -0.4 is 24.3 Å². The average molecular weight is 526 g/mol. The normalized spacial score (nSPS) is 11.7. The van der Waals surface area contributed by atoms with E-state index in [1.165, 1.54) is 6.92 Å². The zero-order chi connectivity index (χ0) is 26.0. The topological polar surface area (TPSA) is 108 Å². The molecule has 0 heterocycles. The van der Waals surface area contributed by atoms with Gasteiger partial charge in [-0.1, -0.05) is 23.2 Å². The van der Waals surface area contributed by atoms with Crippen molar-refractivity contribution in [2.45, 2.75) is 40.7 Å². The van der Waals surface area contributed by atoms with Crippen LogP contribution in [0.15, 0.2) is 34.5 Å². The van der Waals surface area contributed by atoms with Gasteiger partial charge >= 0.3 is 0 Å². The molecule has 0 radical (unpaired) electrons. The molecular weight excluding hydrogens is 497 g/mol. The molecule has 1 amide bonds. The Morgan fingerprint density at radius 2 is 1.40 bits per heavy atom. The van der Waals surface area contributed by atoms with Gasteiger partial charge in [-0.3, -0.25) is 9.59 Å². The van der Waals surface area contributed by atoms with Crippen LogP contribution in [0.25, 0.3) is 0 Å². The summed E-state index contributed by atoms with van der Waals surface area (Å²) in [6.07, 6.45) is 0. The van der Waals surface area contributed by atoms with Gasteiger partial charge in [0.1, 0.15) is 39.4 Å². The SMILES string of the molecule is CCOc1cc(N=NC(C(C)=O)C(=O)Nc2c(Cl)cc(OCC)cc2OCC)c(Cl)c(OCC)c1. The maximum absolute atomic E-state index is 13.0. The van der Waals surface area contributed by atoms with E-state index in [0.29, 0.717) is 49.4 Å². The predicted molar refractivity (Wildman–Crippen MR) is 135 cm³/mol. The molecule has 190 valence electrons. The molecule has 1 N–H and O–H groups in total. The van der Waals surface area contributed by atoms with Crippen LogP contribution in [0.5, 0.6) is 23.0 Å². The summed E-state index contributed by atoms with van der Waals surface area (Å²) >= 11 is 12.7. The van der Waals surface area contributed by atoms with Gasteiger partial charge < -0.3 is 24.3 Å². The fourth-order valence-electron chi connectivity index (χ4n) is 2.97. The number of hydrogen-bond donors (Lipinski definition) is 1. The van der Waals surface area contributed by atoms with Crippen LogP contribution >= 0.6 is 23.2 Å². The molecule has 0 aliphatic heterocycles. The molecule has 1 unspecified atom stereocenters. The Morgan fingerprint density at radius 1 is 0.857 bits per heavy atom. The van der Waals surface area contributed by atoms with Gasteiger partial charge in [-0.15, -0.1) is 0 Å². The molecule has 1 atom stereocenters. The fraction of sp³-hybridized carbons (Fsp3) is 0.417. The molecule has 0 spiro atoms. The minimum absolute atomic E-state index is 0.176. The zero-order valence-corrected chi connectivity index (χ0v) is 21.8. The summed E-state index contributed by atoms with van der Waals surface area (Å²) in [5.74, 6) is 0.311. The molecule has 0 aromatic heterocycles. The first-order chi connectivity index (χ1) is 16.7. The van der Waals surface area contributed by atoms with Crippen LogP contribution in [0.2, 0.25) is 10.0 Å². The van der Waals surface area contributed by atoms with E-state index in [9.17, 15) is 9.59 Å². The Kier molecular flexibility index (Phi) is 11.1. The molecular formula is C24H29Cl2N3O6. The highest BCUT2D eigenvalue weighted by Gasteiger charge is 2.26. The molecule has 0 aliphatic carbocycles. The van der Waals surface area contributed by atoms with Gasteiger partial charge in [0.15, 0.2) is 5.78 Å². The van der Waals surface area contributed by atoms with E-state index >= 15 is 0 Å². The lowest BCUT2D eigenvalue weighted by Gasteiger charge is -2.16. The Morgan fingerprint density at radius 3 is 1.97 bits per heavy atom. The van der Waals surface area contributed by atoms with Gasteiger partial charge in [-0.2, -0.15) is 10.2 Å². The van der Waals surface area contributed by atoms with E-state index in [-0.39, 0.29) is 21.4 Å². The molecule has 0 fully saturated rings. The predicted octanol–water partition coefficient (Wildman–Crippen LogP) is 6.27. The van der Waals surface area contributed by atoms with Crippen LogP contribution in [-0.4, -0.2) is 44.2 Å². The maximum atomic E-state index is 13.0. The monoisotopic (exact) mass is 525 g/mol. The number of nitrogens with one attached hydrogen (secondary N) is 1. The van der Waals surface area contributed by atoms with Crippen molar-refractivity contribution >= 4 is 46.3 Å². The van der Waals surface area contributed by atoms with Gasteiger partial charge in [0.05, 0.1) is 31.5 Å². The van der Waals surface area contributed by atoms with Crippen molar-refractivity contribution in [1.82, 2.24) is 0 Å². The summed E-state index contributed by atoms with van der Waals surface area (Å²) in [6, 6.07) is 4.86. The quantitative estimate of drug-likeness (QED) is 0.244. The van der Waals surface area contributed by atoms with Crippen LogP contribution in [0.4, 0.5) is 11.4 Å². The number of hydrogen-bond acceptors (Lipinski definition) is 8. The minimum Gasteiger partial charge on any atom is -0.494 e. The summed E-state index contributed by atoms with van der Waals surface area (Å²) in [5, 5.41) is 11.0. The zero-order valence-electron chi connectivity index (χ0n) is 20.3. The number of amides is 1. The number of halogens is 2. The molecule has 9 nitrogen and oxygen atoms in total. The molecule has 0 bridgehead atoms. The van der Waals surface area contributed by atoms with E-state index in [4.69, 9.17) is 42.1 Å². The van der Waals surface area contributed by atoms with Crippen LogP contribution in [0.1, 0.15) is 34.6 Å². The third-order valence-electron chi connectivity index (χ3n) is 4.41. The number of ether oxygens (including phenoxy) is 4. The lowest BCUT2D eigenvalue weighted by atomic mass is 10.2. The first kappa shape index (κ1) is 28.2. The van der Waals surface area contributed by atoms with Gasteiger partial charge in [0.25, 0.3) is 5.91 Å². The Labute approximate surface area is 214 Å². The second-order valence-corrected chi connectivity index (χ2v) is 7.77. The molecule has 0 saturated carbocycles. The number of nitrogens with zero attached hydrogens (tertiary/aromatic N) is 2. The summed E-state index contributed by atoms with van der Waals surface area (Å²) < 4.78 is 22.1. The van der Waals surface area contributed by atoms with Crippen LogP contribution in [0.3, 0.4) is 0 Å². The Balaban J connectivity index is 2.38. The molecule has 11 heteroatoms. The molecule has 35 heavy (non-hydrogen) atoms. The fourth-order valence-corrected chi connectivity index (χ4v) is 3.42. The first-order valence-corrected chi connectivity index (χ1v) is 11.9. The van der Waals surface area contributed by atoms with Crippen molar-refractivity contribution in [2.24, 2.45) is 10.2 Å². The third-order valence-corrected chi connectivity index (χ3v) is 5.08. The number of carbonyl (C=O) groups excluding carboxylic acids is 2. The van der Waals surface area contributed by atoms with Crippen LogP contribution in [0, 0.1) is 0 Å². The van der Waals surface area contributed by atoms with Gasteiger partial charge in [0.2, 0.25) is 6.04 Å². The number of Topliss-reactive ketones (excluding diaryl/α,β-unsaturated/α-hetero) is 1. The standard InChI is InChI=1S/C24H29Cl2N3O6/c1-6-32-15-10-17(25)23(20(13-15)35-9-4)27-24(31)22(14(5)30)29-28-18-11-16(33-7-2)12-19(21(18)26)34-8-3/h10-13,22H,6-9H2,1-5H3,(H,27,31). The van der Waals surface area contributed by atoms with Crippen molar-refractivity contribution in [1.29, 1.82) is 0 Å². The molecule has 2 aromatic rings. The number of benzene rings is 2.